The fourth-order valence-corrected chi connectivity index (χ4v) is 6.70. The third-order valence-electron chi connectivity index (χ3n) is 10.1. The molecule has 0 saturated heterocycles. The average Bonchev–Trinajstić information content (AvgIpc) is 3.07. The predicted molar refractivity (Wildman–Crippen MR) is 201 cm³/mol. The summed E-state index contributed by atoms with van der Waals surface area (Å²) < 4.78 is 0. The van der Waals surface area contributed by atoms with Crippen molar-refractivity contribution in [3.05, 3.63) is 0 Å². The van der Waals surface area contributed by atoms with E-state index in [0.717, 1.165) is 38.5 Å². The summed E-state index contributed by atoms with van der Waals surface area (Å²) in [4.78, 5) is 12.4. The molecule has 282 valence electrons. The van der Waals surface area contributed by atoms with E-state index in [0.29, 0.717) is 12.8 Å². The predicted octanol–water partition coefficient (Wildman–Crippen LogP) is 10.5. The first kappa shape index (κ1) is 46.3. The van der Waals surface area contributed by atoms with Gasteiger partial charge in [-0.05, 0) is 12.8 Å². The molecule has 47 heavy (non-hydrogen) atoms. The first-order chi connectivity index (χ1) is 23.0. The van der Waals surface area contributed by atoms with E-state index < -0.39 is 36.9 Å². The summed E-state index contributed by atoms with van der Waals surface area (Å²) in [6.45, 7) is 4.05. The molecule has 4 atom stereocenters. The van der Waals surface area contributed by atoms with Crippen LogP contribution in [-0.2, 0) is 4.79 Å². The Balaban J connectivity index is 3.71. The highest BCUT2D eigenvalue weighted by molar-refractivity contribution is 5.80. The van der Waals surface area contributed by atoms with Gasteiger partial charge in [-0.2, -0.15) is 0 Å². The standard InChI is InChI=1S/C41H83NO5/c1-3-5-7-9-11-13-15-17-18-19-20-21-22-23-25-26-28-30-32-34-38(44)40(46)37(36-43)42-41(47)39(45)35-33-31-29-27-24-16-14-12-10-8-6-4-2/h37-40,43-46H,3-36H2,1-2H3,(H,42,47). The Bertz CT molecular complexity index is 633. The molecule has 0 aromatic heterocycles. The molecule has 0 aliphatic rings. The molecule has 5 N–H and O–H groups in total. The molecule has 0 aromatic carbocycles. The second-order valence-electron chi connectivity index (χ2n) is 14.7. The SMILES string of the molecule is CCCCCCCCCCCCCCCCCCCCCC(O)C(O)C(CO)NC(=O)C(O)CCCCCCCCCCCCCC. The van der Waals surface area contributed by atoms with E-state index in [9.17, 15) is 25.2 Å². The number of unbranched alkanes of at least 4 members (excludes halogenated alkanes) is 29. The molecule has 0 radical (unpaired) electrons. The quantitative estimate of drug-likeness (QED) is 0.0420. The summed E-state index contributed by atoms with van der Waals surface area (Å²) in [5, 5.41) is 43.6. The van der Waals surface area contributed by atoms with Crippen LogP contribution >= 0.6 is 0 Å². The summed E-state index contributed by atoms with van der Waals surface area (Å²) in [6, 6.07) is -0.977. The van der Waals surface area contributed by atoms with Gasteiger partial charge in [-0.3, -0.25) is 4.79 Å². The van der Waals surface area contributed by atoms with E-state index in [1.807, 2.05) is 0 Å². The van der Waals surface area contributed by atoms with Gasteiger partial charge in [0.05, 0.1) is 18.8 Å². The minimum Gasteiger partial charge on any atom is -0.394 e. The molecule has 0 saturated carbocycles. The summed E-state index contributed by atoms with van der Waals surface area (Å²) in [7, 11) is 0. The molecule has 0 spiro atoms. The van der Waals surface area contributed by atoms with E-state index in [-0.39, 0.29) is 0 Å². The lowest BCUT2D eigenvalue weighted by molar-refractivity contribution is -0.132. The van der Waals surface area contributed by atoms with Crippen molar-refractivity contribution in [3.63, 3.8) is 0 Å². The Kier molecular flexibility index (Phi) is 36.0. The molecule has 0 aromatic rings. The van der Waals surface area contributed by atoms with Gasteiger partial charge in [-0.25, -0.2) is 0 Å². The number of amides is 1. The van der Waals surface area contributed by atoms with Gasteiger partial charge < -0.3 is 25.7 Å². The molecule has 0 aliphatic heterocycles. The summed E-state index contributed by atoms with van der Waals surface area (Å²) in [5.74, 6) is -0.582. The number of hydrogen-bond acceptors (Lipinski definition) is 5. The highest BCUT2D eigenvalue weighted by Crippen LogP contribution is 2.17. The molecule has 6 heteroatoms. The van der Waals surface area contributed by atoms with Crippen LogP contribution in [0.2, 0.25) is 0 Å². The van der Waals surface area contributed by atoms with Crippen LogP contribution in [-0.4, -0.2) is 57.3 Å². The van der Waals surface area contributed by atoms with Gasteiger partial charge in [0.15, 0.2) is 0 Å². The zero-order chi connectivity index (χ0) is 34.6. The minimum atomic E-state index is -1.25. The number of aliphatic hydroxyl groups is 4. The normalized spacial score (nSPS) is 14.3. The van der Waals surface area contributed by atoms with Gasteiger partial charge >= 0.3 is 0 Å². The smallest absolute Gasteiger partial charge is 0.249 e. The summed E-state index contributed by atoms with van der Waals surface area (Å²) in [6.07, 6.45) is 37.0. The Morgan fingerprint density at radius 1 is 0.447 bits per heavy atom. The number of rotatable bonds is 38. The number of carbonyl (C=O) groups excluding carboxylic acids is 1. The van der Waals surface area contributed by atoms with Crippen LogP contribution in [0.5, 0.6) is 0 Å². The van der Waals surface area contributed by atoms with Crippen molar-refractivity contribution in [1.82, 2.24) is 5.32 Å². The Hall–Kier alpha value is -0.690. The van der Waals surface area contributed by atoms with Gasteiger partial charge in [-0.15, -0.1) is 0 Å². The van der Waals surface area contributed by atoms with E-state index in [4.69, 9.17) is 0 Å². The van der Waals surface area contributed by atoms with Crippen molar-refractivity contribution >= 4 is 5.91 Å². The van der Waals surface area contributed by atoms with Gasteiger partial charge in [0, 0.05) is 0 Å². The number of carbonyl (C=O) groups is 1. The van der Waals surface area contributed by atoms with Crippen LogP contribution in [0.3, 0.4) is 0 Å². The van der Waals surface area contributed by atoms with Gasteiger partial charge in [-0.1, -0.05) is 213 Å². The van der Waals surface area contributed by atoms with Gasteiger partial charge in [0.2, 0.25) is 5.91 Å². The highest BCUT2D eigenvalue weighted by Gasteiger charge is 2.28. The van der Waals surface area contributed by atoms with E-state index >= 15 is 0 Å². The number of nitrogens with one attached hydrogen (secondary N) is 1. The molecule has 0 aliphatic carbocycles. The lowest BCUT2D eigenvalue weighted by atomic mass is 9.99. The van der Waals surface area contributed by atoms with E-state index in [1.54, 1.807) is 0 Å². The molecule has 0 heterocycles. The van der Waals surface area contributed by atoms with Crippen LogP contribution in [0.15, 0.2) is 0 Å². The van der Waals surface area contributed by atoms with Crippen LogP contribution in [0.25, 0.3) is 0 Å². The Morgan fingerprint density at radius 2 is 0.723 bits per heavy atom. The van der Waals surface area contributed by atoms with Gasteiger partial charge in [0.25, 0.3) is 0 Å². The number of hydrogen-bond donors (Lipinski definition) is 5. The van der Waals surface area contributed by atoms with Crippen molar-refractivity contribution in [2.45, 2.75) is 250 Å². The lowest BCUT2D eigenvalue weighted by Gasteiger charge is -2.27. The molecular formula is C41H83NO5. The first-order valence-electron chi connectivity index (χ1n) is 20.9. The fourth-order valence-electron chi connectivity index (χ4n) is 6.70. The average molecular weight is 670 g/mol. The molecule has 0 fully saturated rings. The maximum atomic E-state index is 12.4. The Labute approximate surface area is 292 Å². The second kappa shape index (κ2) is 36.6. The molecular weight excluding hydrogens is 586 g/mol. The van der Waals surface area contributed by atoms with Crippen molar-refractivity contribution in [2.75, 3.05) is 6.61 Å². The topological polar surface area (TPSA) is 110 Å². The number of aliphatic hydroxyl groups excluding tert-OH is 4. The zero-order valence-electron chi connectivity index (χ0n) is 31.5. The maximum absolute atomic E-state index is 12.4. The van der Waals surface area contributed by atoms with Crippen LogP contribution in [0.4, 0.5) is 0 Å². The second-order valence-corrected chi connectivity index (χ2v) is 14.7. The zero-order valence-corrected chi connectivity index (χ0v) is 31.5. The molecule has 4 unspecified atom stereocenters. The molecule has 1 amide bonds. The molecule has 6 nitrogen and oxygen atoms in total. The molecule has 0 bridgehead atoms. The van der Waals surface area contributed by atoms with Crippen LogP contribution < -0.4 is 5.32 Å². The van der Waals surface area contributed by atoms with Crippen molar-refractivity contribution in [1.29, 1.82) is 0 Å². The van der Waals surface area contributed by atoms with Crippen LogP contribution in [0, 0.1) is 0 Å². The van der Waals surface area contributed by atoms with Gasteiger partial charge in [0.1, 0.15) is 12.2 Å². The summed E-state index contributed by atoms with van der Waals surface area (Å²) in [5.41, 5.74) is 0. The minimum absolute atomic E-state index is 0.374. The highest BCUT2D eigenvalue weighted by atomic mass is 16.3. The largest absolute Gasteiger partial charge is 0.394 e. The van der Waals surface area contributed by atoms with Crippen LogP contribution in [0.1, 0.15) is 226 Å². The maximum Gasteiger partial charge on any atom is 0.249 e. The van der Waals surface area contributed by atoms with E-state index in [2.05, 4.69) is 19.2 Å². The Morgan fingerprint density at radius 3 is 1.02 bits per heavy atom. The third-order valence-corrected chi connectivity index (χ3v) is 10.1. The lowest BCUT2D eigenvalue weighted by Crippen LogP contribution is -2.53. The fraction of sp³-hybridized carbons (Fsp3) is 0.976. The first-order valence-corrected chi connectivity index (χ1v) is 20.9. The van der Waals surface area contributed by atoms with E-state index in [1.165, 1.54) is 161 Å². The van der Waals surface area contributed by atoms with Crippen molar-refractivity contribution < 1.29 is 25.2 Å². The third kappa shape index (κ3) is 31.1. The molecule has 0 rings (SSSR count). The van der Waals surface area contributed by atoms with Crippen molar-refractivity contribution in [2.24, 2.45) is 0 Å². The summed E-state index contributed by atoms with van der Waals surface area (Å²) >= 11 is 0. The van der Waals surface area contributed by atoms with Crippen molar-refractivity contribution in [3.8, 4) is 0 Å². The monoisotopic (exact) mass is 670 g/mol.